The predicted octanol–water partition coefficient (Wildman–Crippen LogP) is 5.08. The third-order valence-electron chi connectivity index (χ3n) is 5.93. The molecule has 2 aromatic rings. The van der Waals surface area contributed by atoms with Gasteiger partial charge in [-0.25, -0.2) is 4.39 Å². The van der Waals surface area contributed by atoms with Crippen LogP contribution < -0.4 is 9.64 Å². The van der Waals surface area contributed by atoms with Crippen molar-refractivity contribution in [3.63, 3.8) is 0 Å². The third kappa shape index (κ3) is 4.30. The first kappa shape index (κ1) is 19.9. The standard InChI is InChI=1S/C24H29FN2O2/c1-24(2,3)26-14-12-20(13-15-26)29-21-9-10-22-17(16-21)4-11-23(28)27(22)19-7-5-18(25)6-8-19/h5-10,16,20H,4,11-15H2,1-3H3. The topological polar surface area (TPSA) is 32.8 Å². The molecule has 0 unspecified atom stereocenters. The molecule has 5 heteroatoms. The van der Waals surface area contributed by atoms with Crippen LogP contribution in [-0.2, 0) is 11.2 Å². The van der Waals surface area contributed by atoms with Gasteiger partial charge in [0.05, 0.1) is 5.69 Å². The number of piperidine rings is 1. The van der Waals surface area contributed by atoms with Gasteiger partial charge >= 0.3 is 0 Å². The molecule has 2 heterocycles. The van der Waals surface area contributed by atoms with Crippen molar-refractivity contribution in [2.45, 2.75) is 58.1 Å². The number of fused-ring (bicyclic) bond motifs is 1. The summed E-state index contributed by atoms with van der Waals surface area (Å²) in [5.41, 5.74) is 2.86. The van der Waals surface area contributed by atoms with Crippen molar-refractivity contribution >= 4 is 17.3 Å². The number of hydrogen-bond acceptors (Lipinski definition) is 3. The Morgan fingerprint density at radius 1 is 1.00 bits per heavy atom. The average molecular weight is 397 g/mol. The SMILES string of the molecule is CC(C)(C)N1CCC(Oc2ccc3c(c2)CCC(=O)N3c2ccc(F)cc2)CC1. The van der Waals surface area contributed by atoms with Crippen LogP contribution in [0.25, 0.3) is 0 Å². The van der Waals surface area contributed by atoms with Gasteiger partial charge in [0.25, 0.3) is 0 Å². The van der Waals surface area contributed by atoms with Crippen molar-refractivity contribution in [3.8, 4) is 5.75 Å². The monoisotopic (exact) mass is 396 g/mol. The summed E-state index contributed by atoms with van der Waals surface area (Å²) in [5.74, 6) is 0.596. The number of halogens is 1. The van der Waals surface area contributed by atoms with E-state index in [9.17, 15) is 9.18 Å². The maximum atomic E-state index is 13.3. The smallest absolute Gasteiger partial charge is 0.231 e. The Kier molecular flexibility index (Phi) is 5.34. The Morgan fingerprint density at radius 3 is 2.34 bits per heavy atom. The van der Waals surface area contributed by atoms with E-state index in [4.69, 9.17) is 4.74 Å². The Bertz CT molecular complexity index is 881. The van der Waals surface area contributed by atoms with Crippen LogP contribution in [0.4, 0.5) is 15.8 Å². The van der Waals surface area contributed by atoms with E-state index in [0.717, 1.165) is 42.9 Å². The van der Waals surface area contributed by atoms with Gasteiger partial charge in [-0.2, -0.15) is 0 Å². The molecule has 0 bridgehead atoms. The van der Waals surface area contributed by atoms with E-state index in [2.05, 4.69) is 31.7 Å². The zero-order valence-corrected chi connectivity index (χ0v) is 17.5. The van der Waals surface area contributed by atoms with Gasteiger partial charge in [-0.1, -0.05) is 0 Å². The Balaban J connectivity index is 1.49. The number of hydrogen-bond donors (Lipinski definition) is 0. The Morgan fingerprint density at radius 2 is 1.69 bits per heavy atom. The summed E-state index contributed by atoms with van der Waals surface area (Å²) in [7, 11) is 0. The van der Waals surface area contributed by atoms with E-state index in [1.54, 1.807) is 17.0 Å². The number of amides is 1. The largest absolute Gasteiger partial charge is 0.490 e. The molecule has 1 saturated heterocycles. The summed E-state index contributed by atoms with van der Waals surface area (Å²) in [6.45, 7) is 8.86. The lowest BCUT2D eigenvalue weighted by molar-refractivity contribution is -0.118. The van der Waals surface area contributed by atoms with E-state index in [1.807, 2.05) is 12.1 Å². The van der Waals surface area contributed by atoms with E-state index in [-0.39, 0.29) is 23.4 Å². The molecule has 154 valence electrons. The van der Waals surface area contributed by atoms with E-state index in [1.165, 1.54) is 12.1 Å². The second-order valence-electron chi connectivity index (χ2n) is 8.97. The summed E-state index contributed by atoms with van der Waals surface area (Å²) in [5, 5.41) is 0. The molecule has 2 aliphatic heterocycles. The van der Waals surface area contributed by atoms with E-state index >= 15 is 0 Å². The van der Waals surface area contributed by atoms with Gasteiger partial charge < -0.3 is 4.74 Å². The highest BCUT2D eigenvalue weighted by atomic mass is 19.1. The lowest BCUT2D eigenvalue weighted by atomic mass is 9.98. The molecule has 0 saturated carbocycles. The van der Waals surface area contributed by atoms with Gasteiger partial charge in [-0.3, -0.25) is 14.6 Å². The van der Waals surface area contributed by atoms with Gasteiger partial charge in [0, 0.05) is 30.7 Å². The molecular formula is C24H29FN2O2. The van der Waals surface area contributed by atoms with Crippen LogP contribution in [0, 0.1) is 5.82 Å². The second-order valence-corrected chi connectivity index (χ2v) is 8.97. The Hall–Kier alpha value is -2.40. The number of aryl methyl sites for hydroxylation is 1. The van der Waals surface area contributed by atoms with Crippen LogP contribution in [0.1, 0.15) is 45.6 Å². The normalized spacial score (nSPS) is 18.6. The maximum absolute atomic E-state index is 13.3. The summed E-state index contributed by atoms with van der Waals surface area (Å²) in [6, 6.07) is 12.0. The van der Waals surface area contributed by atoms with Gasteiger partial charge in [-0.05, 0) is 88.1 Å². The molecule has 1 fully saturated rings. The summed E-state index contributed by atoms with van der Waals surface area (Å²) < 4.78 is 19.6. The zero-order valence-electron chi connectivity index (χ0n) is 17.5. The molecule has 2 aliphatic rings. The lowest BCUT2D eigenvalue weighted by Gasteiger charge is -2.40. The van der Waals surface area contributed by atoms with Crippen LogP contribution >= 0.6 is 0 Å². The van der Waals surface area contributed by atoms with E-state index < -0.39 is 0 Å². The minimum atomic E-state index is -0.306. The van der Waals surface area contributed by atoms with Gasteiger partial charge in [0.1, 0.15) is 17.7 Å². The highest BCUT2D eigenvalue weighted by Crippen LogP contribution is 2.37. The molecule has 0 radical (unpaired) electrons. The molecule has 0 N–H and O–H groups in total. The second kappa shape index (κ2) is 7.79. The van der Waals surface area contributed by atoms with Gasteiger partial charge in [0.15, 0.2) is 0 Å². The molecule has 2 aromatic carbocycles. The van der Waals surface area contributed by atoms with Crippen LogP contribution in [0.5, 0.6) is 5.75 Å². The number of nitrogens with zero attached hydrogens (tertiary/aromatic N) is 2. The molecule has 0 atom stereocenters. The average Bonchev–Trinajstić information content (AvgIpc) is 2.69. The highest BCUT2D eigenvalue weighted by Gasteiger charge is 2.29. The van der Waals surface area contributed by atoms with Gasteiger partial charge in [0.2, 0.25) is 5.91 Å². The quantitative estimate of drug-likeness (QED) is 0.725. The Labute approximate surface area is 172 Å². The molecule has 0 spiro atoms. The van der Waals surface area contributed by atoms with Crippen LogP contribution in [0.2, 0.25) is 0 Å². The fourth-order valence-corrected chi connectivity index (χ4v) is 4.25. The van der Waals surface area contributed by atoms with Crippen molar-refractivity contribution in [1.82, 2.24) is 4.90 Å². The van der Waals surface area contributed by atoms with Crippen molar-refractivity contribution in [1.29, 1.82) is 0 Å². The molecule has 4 rings (SSSR count). The molecule has 0 aromatic heterocycles. The molecule has 1 amide bonds. The number of anilines is 2. The fourth-order valence-electron chi connectivity index (χ4n) is 4.25. The first-order valence-corrected chi connectivity index (χ1v) is 10.4. The number of ether oxygens (including phenoxy) is 1. The minimum absolute atomic E-state index is 0.0346. The summed E-state index contributed by atoms with van der Waals surface area (Å²) >= 11 is 0. The zero-order chi connectivity index (χ0) is 20.6. The van der Waals surface area contributed by atoms with Gasteiger partial charge in [-0.15, -0.1) is 0 Å². The number of carbonyl (C=O) groups excluding carboxylic acids is 1. The highest BCUT2D eigenvalue weighted by molar-refractivity contribution is 6.03. The predicted molar refractivity (Wildman–Crippen MR) is 113 cm³/mol. The minimum Gasteiger partial charge on any atom is -0.490 e. The van der Waals surface area contributed by atoms with E-state index in [0.29, 0.717) is 18.5 Å². The summed E-state index contributed by atoms with van der Waals surface area (Å²) in [4.78, 5) is 16.7. The molecule has 29 heavy (non-hydrogen) atoms. The fraction of sp³-hybridized carbons (Fsp3) is 0.458. The molecule has 0 aliphatic carbocycles. The van der Waals surface area contributed by atoms with Crippen LogP contribution in [0.15, 0.2) is 42.5 Å². The molecular weight excluding hydrogens is 367 g/mol. The van der Waals surface area contributed by atoms with Crippen molar-refractivity contribution in [2.24, 2.45) is 0 Å². The molecule has 4 nitrogen and oxygen atoms in total. The van der Waals surface area contributed by atoms with Crippen molar-refractivity contribution < 1.29 is 13.9 Å². The summed E-state index contributed by atoms with van der Waals surface area (Å²) in [6.07, 6.45) is 3.41. The number of rotatable bonds is 3. The lowest BCUT2D eigenvalue weighted by Crippen LogP contribution is -2.48. The van der Waals surface area contributed by atoms with Crippen molar-refractivity contribution in [2.75, 3.05) is 18.0 Å². The number of carbonyl (C=O) groups is 1. The third-order valence-corrected chi connectivity index (χ3v) is 5.93. The first-order chi connectivity index (χ1) is 13.8. The maximum Gasteiger partial charge on any atom is 0.231 e. The van der Waals surface area contributed by atoms with Crippen LogP contribution in [-0.4, -0.2) is 35.5 Å². The first-order valence-electron chi connectivity index (χ1n) is 10.4. The number of benzene rings is 2. The number of likely N-dealkylation sites (tertiary alicyclic amines) is 1. The van der Waals surface area contributed by atoms with Crippen LogP contribution in [0.3, 0.4) is 0 Å². The van der Waals surface area contributed by atoms with Crippen molar-refractivity contribution in [3.05, 3.63) is 53.8 Å².